The van der Waals surface area contributed by atoms with Crippen LogP contribution in [-0.2, 0) is 22.6 Å². The molecule has 2 amide bonds. The first-order valence-corrected chi connectivity index (χ1v) is 12.0. The molecule has 1 aliphatic heterocycles. The molecule has 0 saturated carbocycles. The van der Waals surface area contributed by atoms with Crippen molar-refractivity contribution in [3.05, 3.63) is 58.9 Å². The van der Waals surface area contributed by atoms with Gasteiger partial charge in [0.25, 0.3) is 0 Å². The summed E-state index contributed by atoms with van der Waals surface area (Å²) in [5.41, 5.74) is 7.54. The predicted octanol–water partition coefficient (Wildman–Crippen LogP) is 2.72. The van der Waals surface area contributed by atoms with Crippen molar-refractivity contribution >= 4 is 23.6 Å². The molecule has 1 atom stereocenters. The smallest absolute Gasteiger partial charge is 0.245 e. The van der Waals surface area contributed by atoms with Crippen LogP contribution in [0.4, 0.5) is 4.39 Å². The van der Waals surface area contributed by atoms with E-state index < -0.39 is 17.8 Å². The molecule has 4 N–H and O–H groups in total. The van der Waals surface area contributed by atoms with Gasteiger partial charge in [-0.25, -0.2) is 14.4 Å². The summed E-state index contributed by atoms with van der Waals surface area (Å²) in [5, 5.41) is 12.9. The Labute approximate surface area is 220 Å². The molecule has 0 bridgehead atoms. The fourth-order valence-electron chi connectivity index (χ4n) is 3.76. The average molecular weight is 526 g/mol. The van der Waals surface area contributed by atoms with Crippen molar-refractivity contribution in [2.24, 2.45) is 31.9 Å². The molecule has 0 radical (unpaired) electrons. The number of guanidine groups is 1. The third-order valence-electron chi connectivity index (χ3n) is 5.56. The highest BCUT2D eigenvalue weighted by atomic mass is 19.1. The minimum absolute atomic E-state index is 0.0232. The van der Waals surface area contributed by atoms with E-state index in [0.29, 0.717) is 29.0 Å². The fourth-order valence-corrected chi connectivity index (χ4v) is 3.76. The van der Waals surface area contributed by atoms with E-state index in [9.17, 15) is 14.0 Å². The van der Waals surface area contributed by atoms with Crippen LogP contribution in [0.15, 0.2) is 56.6 Å². The maximum absolute atomic E-state index is 14.2. The molecule has 0 spiro atoms. The molecule has 38 heavy (non-hydrogen) atoms. The number of hydrogen-bond donors (Lipinski definition) is 3. The minimum Gasteiger partial charge on any atom is -0.493 e. The number of carbonyl (C=O) groups excluding carboxylic acids is 2. The van der Waals surface area contributed by atoms with E-state index in [4.69, 9.17) is 15.2 Å². The van der Waals surface area contributed by atoms with E-state index in [2.05, 4.69) is 30.8 Å². The maximum Gasteiger partial charge on any atom is 0.245 e. The van der Waals surface area contributed by atoms with Crippen LogP contribution in [0.2, 0.25) is 0 Å². The third-order valence-corrected chi connectivity index (χ3v) is 5.56. The standard InChI is InChI=1S/C26H32FN7O4/c1-15(2)9-20(25(36)29-13-17-5-7-19(27)18(10-17)24-30-14-31-34-24)32-26(28)33-23(35)12-16-6-8-21(37-3)22(11-16)38-4/h5-8,10-11,15,20H,9,12-14H2,1-4H3,(H,29,36)(H3,28,32,33,35)/t20-/m1/s1. The van der Waals surface area contributed by atoms with Crippen LogP contribution in [0.25, 0.3) is 0 Å². The van der Waals surface area contributed by atoms with Crippen molar-refractivity contribution in [1.29, 1.82) is 0 Å². The second-order valence-corrected chi connectivity index (χ2v) is 8.97. The SMILES string of the molecule is COc1ccc(CC(=O)NC(N)=N[C@H](CC(C)C)C(=O)NCc2ccc(F)c(C3=NCN=N3)c2)cc1OC. The van der Waals surface area contributed by atoms with E-state index in [-0.39, 0.29) is 48.8 Å². The number of aliphatic imine (C=N–C) groups is 2. The Morgan fingerprint density at radius 3 is 2.50 bits per heavy atom. The monoisotopic (exact) mass is 525 g/mol. The van der Waals surface area contributed by atoms with Gasteiger partial charge in [-0.15, -0.1) is 5.11 Å². The maximum atomic E-state index is 14.2. The van der Waals surface area contributed by atoms with E-state index in [1.165, 1.54) is 20.3 Å². The largest absolute Gasteiger partial charge is 0.493 e. The van der Waals surface area contributed by atoms with Gasteiger partial charge in [-0.05, 0) is 47.7 Å². The van der Waals surface area contributed by atoms with E-state index in [0.717, 1.165) is 0 Å². The Bertz CT molecular complexity index is 1260. The molecule has 3 rings (SSSR count). The Balaban J connectivity index is 1.63. The zero-order chi connectivity index (χ0) is 27.7. The molecule has 0 unspecified atom stereocenters. The number of carbonyl (C=O) groups is 2. The number of nitrogens with one attached hydrogen (secondary N) is 2. The quantitative estimate of drug-likeness (QED) is 0.304. The highest BCUT2D eigenvalue weighted by Crippen LogP contribution is 2.27. The number of nitrogens with zero attached hydrogens (tertiary/aromatic N) is 4. The van der Waals surface area contributed by atoms with Gasteiger partial charge < -0.3 is 20.5 Å². The lowest BCUT2D eigenvalue weighted by Gasteiger charge is -2.16. The predicted molar refractivity (Wildman–Crippen MR) is 141 cm³/mol. The highest BCUT2D eigenvalue weighted by Gasteiger charge is 2.21. The number of hydrogen-bond acceptors (Lipinski definition) is 8. The van der Waals surface area contributed by atoms with Gasteiger partial charge in [0.05, 0.1) is 26.2 Å². The number of azo groups is 1. The molecule has 11 nitrogen and oxygen atoms in total. The molecule has 1 heterocycles. The Kier molecular flexibility index (Phi) is 9.85. The van der Waals surface area contributed by atoms with Crippen LogP contribution in [0.3, 0.4) is 0 Å². The molecule has 0 aliphatic carbocycles. The summed E-state index contributed by atoms with van der Waals surface area (Å²) in [6, 6.07) is 8.75. The molecule has 202 valence electrons. The lowest BCUT2D eigenvalue weighted by atomic mass is 10.0. The molecule has 0 aromatic heterocycles. The van der Waals surface area contributed by atoms with Crippen LogP contribution >= 0.6 is 0 Å². The van der Waals surface area contributed by atoms with Gasteiger partial charge in [0.2, 0.25) is 11.8 Å². The molecule has 0 fully saturated rings. The van der Waals surface area contributed by atoms with Crippen LogP contribution in [0, 0.1) is 11.7 Å². The number of amides is 2. The lowest BCUT2D eigenvalue weighted by molar-refractivity contribution is -0.123. The Morgan fingerprint density at radius 2 is 1.84 bits per heavy atom. The molecule has 2 aromatic rings. The molecule has 0 saturated heterocycles. The van der Waals surface area contributed by atoms with Gasteiger partial charge in [0.15, 0.2) is 30.0 Å². The lowest BCUT2D eigenvalue weighted by Crippen LogP contribution is -2.41. The molecular weight excluding hydrogens is 493 g/mol. The number of amidine groups is 1. The Hall–Kier alpha value is -4.35. The highest BCUT2D eigenvalue weighted by molar-refractivity contribution is 6.00. The van der Waals surface area contributed by atoms with E-state index in [1.54, 1.807) is 30.3 Å². The normalized spacial score (nSPS) is 13.7. The van der Waals surface area contributed by atoms with Crippen LogP contribution in [0.1, 0.15) is 37.0 Å². The van der Waals surface area contributed by atoms with Crippen LogP contribution < -0.4 is 25.8 Å². The van der Waals surface area contributed by atoms with Crippen LogP contribution in [0.5, 0.6) is 11.5 Å². The second kappa shape index (κ2) is 13.3. The van der Waals surface area contributed by atoms with Crippen molar-refractivity contribution in [3.63, 3.8) is 0 Å². The van der Waals surface area contributed by atoms with Crippen molar-refractivity contribution in [3.8, 4) is 11.5 Å². The van der Waals surface area contributed by atoms with E-state index >= 15 is 0 Å². The summed E-state index contributed by atoms with van der Waals surface area (Å²) in [6.07, 6.45) is 0.430. The number of nitrogens with two attached hydrogens (primary N) is 1. The van der Waals surface area contributed by atoms with Gasteiger partial charge in [-0.1, -0.05) is 26.0 Å². The van der Waals surface area contributed by atoms with Gasteiger partial charge in [-0.2, -0.15) is 5.11 Å². The first-order valence-electron chi connectivity index (χ1n) is 12.0. The average Bonchev–Trinajstić information content (AvgIpc) is 3.42. The number of methoxy groups -OCH3 is 2. The van der Waals surface area contributed by atoms with Crippen molar-refractivity contribution in [1.82, 2.24) is 10.6 Å². The third kappa shape index (κ3) is 7.82. The summed E-state index contributed by atoms with van der Waals surface area (Å²) in [6.45, 7) is 4.19. The summed E-state index contributed by atoms with van der Waals surface area (Å²) >= 11 is 0. The zero-order valence-corrected chi connectivity index (χ0v) is 21.8. The summed E-state index contributed by atoms with van der Waals surface area (Å²) in [5.74, 6) is -0.00417. The van der Waals surface area contributed by atoms with Gasteiger partial charge in [0.1, 0.15) is 11.9 Å². The fraction of sp³-hybridized carbons (Fsp3) is 0.385. The number of ether oxygens (including phenoxy) is 2. The van der Waals surface area contributed by atoms with Gasteiger partial charge >= 0.3 is 0 Å². The van der Waals surface area contributed by atoms with Crippen LogP contribution in [-0.4, -0.2) is 50.5 Å². The summed E-state index contributed by atoms with van der Waals surface area (Å²) < 4.78 is 24.7. The molecule has 1 aliphatic rings. The first kappa shape index (κ1) is 28.2. The molecular formula is C26H32FN7O4. The topological polar surface area (TPSA) is 152 Å². The Morgan fingerprint density at radius 1 is 1.11 bits per heavy atom. The van der Waals surface area contributed by atoms with Crippen molar-refractivity contribution < 1.29 is 23.5 Å². The number of benzene rings is 2. The zero-order valence-electron chi connectivity index (χ0n) is 21.8. The van der Waals surface area contributed by atoms with Crippen molar-refractivity contribution in [2.45, 2.75) is 39.3 Å². The van der Waals surface area contributed by atoms with Gasteiger partial charge in [0, 0.05) is 6.54 Å². The van der Waals surface area contributed by atoms with Crippen molar-refractivity contribution in [2.75, 3.05) is 20.9 Å². The number of halogens is 1. The minimum atomic E-state index is -0.829. The van der Waals surface area contributed by atoms with Gasteiger partial charge in [-0.3, -0.25) is 14.9 Å². The molecule has 12 heteroatoms. The summed E-state index contributed by atoms with van der Waals surface area (Å²) in [7, 11) is 3.04. The van der Waals surface area contributed by atoms with E-state index in [1.807, 2.05) is 13.8 Å². The number of rotatable bonds is 11. The summed E-state index contributed by atoms with van der Waals surface area (Å²) in [4.78, 5) is 33.8. The molecule has 2 aromatic carbocycles. The second-order valence-electron chi connectivity index (χ2n) is 8.97. The first-order chi connectivity index (χ1) is 18.2.